The quantitative estimate of drug-likeness (QED) is 0.925. The zero-order valence-corrected chi connectivity index (χ0v) is 12.3. The number of thiazole rings is 1. The van der Waals surface area contributed by atoms with Crippen LogP contribution in [0.3, 0.4) is 0 Å². The molecular weight excluding hydrogens is 287 g/mol. The molecule has 0 aliphatic rings. The van der Waals surface area contributed by atoms with E-state index in [9.17, 15) is 0 Å². The molecular formula is C13H14Cl2N2S. The molecule has 0 bridgehead atoms. The molecule has 0 radical (unpaired) electrons. The normalized spacial score (nSPS) is 12.7. The van der Waals surface area contributed by atoms with Gasteiger partial charge in [0.1, 0.15) is 0 Å². The number of rotatable bonds is 4. The Labute approximate surface area is 121 Å². The van der Waals surface area contributed by atoms with E-state index in [-0.39, 0.29) is 5.92 Å². The van der Waals surface area contributed by atoms with Crippen molar-refractivity contribution < 1.29 is 0 Å². The summed E-state index contributed by atoms with van der Waals surface area (Å²) < 4.78 is 0. The first kappa shape index (κ1) is 13.8. The minimum atomic E-state index is 0.237. The number of nitrogens with two attached hydrogens (primary N) is 1. The van der Waals surface area contributed by atoms with Gasteiger partial charge in [0.15, 0.2) is 0 Å². The number of benzene rings is 1. The first-order chi connectivity index (χ1) is 8.60. The predicted octanol–water partition coefficient (Wildman–Crippen LogP) is 4.04. The molecule has 1 aromatic carbocycles. The van der Waals surface area contributed by atoms with Gasteiger partial charge in [0, 0.05) is 23.5 Å². The fourth-order valence-electron chi connectivity index (χ4n) is 1.78. The van der Waals surface area contributed by atoms with Gasteiger partial charge in [-0.2, -0.15) is 0 Å². The molecule has 0 aliphatic heterocycles. The molecule has 2 nitrogen and oxygen atoms in total. The topological polar surface area (TPSA) is 38.9 Å². The molecule has 0 aliphatic carbocycles. The summed E-state index contributed by atoms with van der Waals surface area (Å²) in [4.78, 5) is 4.50. The van der Waals surface area contributed by atoms with E-state index < -0.39 is 0 Å². The molecule has 1 atom stereocenters. The summed E-state index contributed by atoms with van der Waals surface area (Å²) >= 11 is 13.6. The summed E-state index contributed by atoms with van der Waals surface area (Å²) in [6, 6.07) is 5.70. The van der Waals surface area contributed by atoms with Crippen LogP contribution >= 0.6 is 34.5 Å². The summed E-state index contributed by atoms with van der Waals surface area (Å²) in [5.41, 5.74) is 8.01. The minimum absolute atomic E-state index is 0.237. The van der Waals surface area contributed by atoms with Crippen LogP contribution in [-0.4, -0.2) is 11.5 Å². The minimum Gasteiger partial charge on any atom is -0.330 e. The third-order valence-electron chi connectivity index (χ3n) is 2.74. The van der Waals surface area contributed by atoms with Crippen LogP contribution in [0.25, 0.3) is 0 Å². The lowest BCUT2D eigenvalue weighted by atomic mass is 10.00. The van der Waals surface area contributed by atoms with Crippen molar-refractivity contribution in [2.75, 3.05) is 6.54 Å². The Morgan fingerprint density at radius 2 is 2.11 bits per heavy atom. The standard InChI is InChI=1S/C13H14Cl2N2S/c1-8-7-18-13(17-8)10(6-16)4-9-2-3-11(14)12(15)5-9/h2-3,5,7,10H,4,6,16H2,1H3. The van der Waals surface area contributed by atoms with Gasteiger partial charge < -0.3 is 5.73 Å². The highest BCUT2D eigenvalue weighted by Crippen LogP contribution is 2.27. The molecule has 5 heteroatoms. The number of hydrogen-bond acceptors (Lipinski definition) is 3. The second-order valence-corrected chi connectivity index (χ2v) is 5.92. The second-order valence-electron chi connectivity index (χ2n) is 4.21. The van der Waals surface area contributed by atoms with Gasteiger partial charge in [0.25, 0.3) is 0 Å². The van der Waals surface area contributed by atoms with Gasteiger partial charge in [0.2, 0.25) is 0 Å². The van der Waals surface area contributed by atoms with Crippen molar-refractivity contribution in [3.8, 4) is 0 Å². The molecule has 0 amide bonds. The molecule has 2 rings (SSSR count). The molecule has 1 aromatic heterocycles. The van der Waals surface area contributed by atoms with Gasteiger partial charge in [-0.1, -0.05) is 29.3 Å². The molecule has 0 fully saturated rings. The maximum absolute atomic E-state index is 6.01. The monoisotopic (exact) mass is 300 g/mol. The highest BCUT2D eigenvalue weighted by atomic mass is 35.5. The van der Waals surface area contributed by atoms with Gasteiger partial charge in [-0.3, -0.25) is 0 Å². The fourth-order valence-corrected chi connectivity index (χ4v) is 3.02. The van der Waals surface area contributed by atoms with Crippen LogP contribution in [0.5, 0.6) is 0 Å². The molecule has 0 spiro atoms. The lowest BCUT2D eigenvalue weighted by Gasteiger charge is -2.12. The first-order valence-corrected chi connectivity index (χ1v) is 7.29. The largest absolute Gasteiger partial charge is 0.330 e. The number of aromatic nitrogens is 1. The van der Waals surface area contributed by atoms with E-state index in [2.05, 4.69) is 4.98 Å². The highest BCUT2D eigenvalue weighted by molar-refractivity contribution is 7.09. The Bertz CT molecular complexity index is 540. The van der Waals surface area contributed by atoms with Gasteiger partial charge in [-0.05, 0) is 31.0 Å². The average molecular weight is 301 g/mol. The van der Waals surface area contributed by atoms with Crippen LogP contribution in [0.4, 0.5) is 0 Å². The maximum Gasteiger partial charge on any atom is 0.0975 e. The van der Waals surface area contributed by atoms with E-state index in [1.165, 1.54) is 0 Å². The highest BCUT2D eigenvalue weighted by Gasteiger charge is 2.14. The SMILES string of the molecule is Cc1csc(C(CN)Cc2ccc(Cl)c(Cl)c2)n1. The fraction of sp³-hybridized carbons (Fsp3) is 0.308. The van der Waals surface area contributed by atoms with E-state index in [1.807, 2.05) is 30.5 Å². The van der Waals surface area contributed by atoms with Gasteiger partial charge in [-0.25, -0.2) is 4.98 Å². The molecule has 0 saturated heterocycles. The van der Waals surface area contributed by atoms with Crippen molar-refractivity contribution in [2.45, 2.75) is 19.3 Å². The molecule has 2 aromatic rings. The van der Waals surface area contributed by atoms with Gasteiger partial charge in [-0.15, -0.1) is 11.3 Å². The Morgan fingerprint density at radius 3 is 2.67 bits per heavy atom. The lowest BCUT2D eigenvalue weighted by molar-refractivity contribution is 0.687. The Kier molecular flexibility index (Phi) is 4.62. The van der Waals surface area contributed by atoms with Gasteiger partial charge >= 0.3 is 0 Å². The summed E-state index contributed by atoms with van der Waals surface area (Å²) in [6.07, 6.45) is 0.834. The zero-order valence-electron chi connectivity index (χ0n) is 9.99. The van der Waals surface area contributed by atoms with E-state index in [0.717, 1.165) is 22.7 Å². The third kappa shape index (κ3) is 3.23. The molecule has 0 saturated carbocycles. The lowest BCUT2D eigenvalue weighted by Crippen LogP contribution is -2.15. The van der Waals surface area contributed by atoms with Crippen LogP contribution in [0.2, 0.25) is 10.0 Å². The Hall–Kier alpha value is -0.610. The number of halogens is 2. The third-order valence-corrected chi connectivity index (χ3v) is 4.60. The second kappa shape index (κ2) is 6.02. The summed E-state index contributed by atoms with van der Waals surface area (Å²) in [5, 5.41) is 4.29. The van der Waals surface area contributed by atoms with Crippen LogP contribution in [0, 0.1) is 6.92 Å². The summed E-state index contributed by atoms with van der Waals surface area (Å²) in [6.45, 7) is 2.57. The summed E-state index contributed by atoms with van der Waals surface area (Å²) in [7, 11) is 0. The van der Waals surface area contributed by atoms with Crippen molar-refractivity contribution in [3.05, 3.63) is 49.9 Å². The molecule has 96 valence electrons. The van der Waals surface area contributed by atoms with E-state index in [1.54, 1.807) is 11.3 Å². The predicted molar refractivity (Wildman–Crippen MR) is 78.8 cm³/mol. The van der Waals surface area contributed by atoms with Crippen molar-refractivity contribution in [3.63, 3.8) is 0 Å². The van der Waals surface area contributed by atoms with Crippen LogP contribution in [0.1, 0.15) is 22.2 Å². The van der Waals surface area contributed by atoms with Crippen LogP contribution in [0.15, 0.2) is 23.6 Å². The smallest absolute Gasteiger partial charge is 0.0975 e. The van der Waals surface area contributed by atoms with Crippen molar-refractivity contribution in [1.82, 2.24) is 4.98 Å². The summed E-state index contributed by atoms with van der Waals surface area (Å²) in [5.74, 6) is 0.237. The number of nitrogens with zero attached hydrogens (tertiary/aromatic N) is 1. The maximum atomic E-state index is 6.01. The Balaban J connectivity index is 2.17. The van der Waals surface area contributed by atoms with Crippen molar-refractivity contribution in [1.29, 1.82) is 0 Å². The number of hydrogen-bond donors (Lipinski definition) is 1. The molecule has 1 unspecified atom stereocenters. The Morgan fingerprint density at radius 1 is 1.33 bits per heavy atom. The molecule has 2 N–H and O–H groups in total. The van der Waals surface area contributed by atoms with Crippen molar-refractivity contribution in [2.24, 2.45) is 5.73 Å². The van der Waals surface area contributed by atoms with Crippen LogP contribution in [-0.2, 0) is 6.42 Å². The average Bonchev–Trinajstić information content (AvgIpc) is 2.77. The van der Waals surface area contributed by atoms with E-state index >= 15 is 0 Å². The van der Waals surface area contributed by atoms with E-state index in [4.69, 9.17) is 28.9 Å². The van der Waals surface area contributed by atoms with Gasteiger partial charge in [0.05, 0.1) is 15.1 Å². The number of aryl methyl sites for hydroxylation is 1. The molecule has 1 heterocycles. The van der Waals surface area contributed by atoms with E-state index in [0.29, 0.717) is 16.6 Å². The van der Waals surface area contributed by atoms with Crippen LogP contribution < -0.4 is 5.73 Å². The van der Waals surface area contributed by atoms with Crippen molar-refractivity contribution >= 4 is 34.5 Å². The first-order valence-electron chi connectivity index (χ1n) is 5.66. The zero-order chi connectivity index (χ0) is 13.1. The molecule has 18 heavy (non-hydrogen) atoms.